The van der Waals surface area contributed by atoms with Crippen LogP contribution in [0.3, 0.4) is 0 Å². The number of carbonyl (C=O) groups is 1. The number of rotatable bonds is 3. The zero-order chi connectivity index (χ0) is 18.1. The molecule has 26 heavy (non-hydrogen) atoms. The maximum atomic E-state index is 12.7. The molecular weight excluding hydrogens is 352 g/mol. The van der Waals surface area contributed by atoms with Gasteiger partial charge >= 0.3 is 6.03 Å². The molecule has 0 bridgehead atoms. The highest BCUT2D eigenvalue weighted by molar-refractivity contribution is 7.00. The van der Waals surface area contributed by atoms with E-state index in [0.29, 0.717) is 30.5 Å². The lowest BCUT2D eigenvalue weighted by Gasteiger charge is -2.31. The van der Waals surface area contributed by atoms with Gasteiger partial charge in [-0.25, -0.2) is 4.79 Å². The molecule has 0 aliphatic carbocycles. The van der Waals surface area contributed by atoms with Crippen molar-refractivity contribution in [2.24, 2.45) is 0 Å². The van der Waals surface area contributed by atoms with Gasteiger partial charge in [0, 0.05) is 19.0 Å². The van der Waals surface area contributed by atoms with Crippen LogP contribution in [0.5, 0.6) is 0 Å². The number of amides is 2. The number of piperidine rings is 1. The van der Waals surface area contributed by atoms with E-state index < -0.39 is 0 Å². The smallest absolute Gasteiger partial charge is 0.321 e. The van der Waals surface area contributed by atoms with Gasteiger partial charge in [-0.1, -0.05) is 25.1 Å². The molecule has 136 valence electrons. The fourth-order valence-electron chi connectivity index (χ4n) is 3.11. The normalized spacial score (nSPS) is 17.8. The molecule has 2 amide bonds. The summed E-state index contributed by atoms with van der Waals surface area (Å²) in [5.41, 5.74) is 2.19. The van der Waals surface area contributed by atoms with Crippen LogP contribution in [0.2, 0.25) is 0 Å². The van der Waals surface area contributed by atoms with E-state index in [2.05, 4.69) is 24.2 Å². The van der Waals surface area contributed by atoms with Crippen LogP contribution in [0, 0.1) is 0 Å². The predicted octanol–water partition coefficient (Wildman–Crippen LogP) is 3.61. The Morgan fingerprint density at radius 1 is 1.38 bits per heavy atom. The molecule has 9 heteroatoms. The Kier molecular flexibility index (Phi) is 4.54. The van der Waals surface area contributed by atoms with Crippen molar-refractivity contribution in [1.82, 2.24) is 23.8 Å². The monoisotopic (exact) mass is 372 g/mol. The van der Waals surface area contributed by atoms with E-state index in [0.717, 1.165) is 35.6 Å². The number of carbonyl (C=O) groups excluding carboxylic acids is 1. The highest BCUT2D eigenvalue weighted by Gasteiger charge is 2.29. The van der Waals surface area contributed by atoms with Crippen LogP contribution in [-0.4, -0.2) is 42.9 Å². The first-order valence-electron chi connectivity index (χ1n) is 8.72. The van der Waals surface area contributed by atoms with E-state index in [1.165, 1.54) is 0 Å². The van der Waals surface area contributed by atoms with Crippen LogP contribution in [0.4, 0.5) is 10.5 Å². The molecule has 2 aromatic heterocycles. The lowest BCUT2D eigenvalue weighted by Crippen LogP contribution is -2.41. The van der Waals surface area contributed by atoms with Crippen molar-refractivity contribution >= 4 is 34.5 Å². The van der Waals surface area contributed by atoms with Crippen LogP contribution in [0.1, 0.15) is 50.2 Å². The highest BCUT2D eigenvalue weighted by Crippen LogP contribution is 2.28. The van der Waals surface area contributed by atoms with Crippen molar-refractivity contribution in [2.75, 3.05) is 18.4 Å². The van der Waals surface area contributed by atoms with Crippen molar-refractivity contribution in [3.8, 4) is 0 Å². The van der Waals surface area contributed by atoms with Gasteiger partial charge in [0.25, 0.3) is 0 Å². The molecule has 1 saturated heterocycles. The van der Waals surface area contributed by atoms with E-state index in [1.54, 1.807) is 4.90 Å². The van der Waals surface area contributed by atoms with Crippen LogP contribution in [-0.2, 0) is 0 Å². The number of benzene rings is 1. The molecule has 3 heterocycles. The Hall–Kier alpha value is -2.55. The third kappa shape index (κ3) is 3.26. The number of nitrogens with zero attached hydrogens (tertiary/aromatic N) is 5. The maximum absolute atomic E-state index is 12.7. The summed E-state index contributed by atoms with van der Waals surface area (Å²) in [6.07, 6.45) is 1.84. The number of hydrogen-bond acceptors (Lipinski definition) is 7. The van der Waals surface area contributed by atoms with Crippen LogP contribution >= 0.6 is 11.7 Å². The third-order valence-electron chi connectivity index (χ3n) is 4.56. The van der Waals surface area contributed by atoms with Crippen molar-refractivity contribution < 1.29 is 9.32 Å². The average Bonchev–Trinajstić information content (AvgIpc) is 3.32. The topological polar surface area (TPSA) is 97.0 Å². The van der Waals surface area contributed by atoms with Gasteiger partial charge in [0.1, 0.15) is 11.0 Å². The molecule has 1 fully saturated rings. The summed E-state index contributed by atoms with van der Waals surface area (Å²) in [6, 6.07) is 5.45. The SMILES string of the molecule is CC(C)c1noc([C@@H]2CCCN(C(=O)Nc3cccc4nsnc34)C2)n1. The lowest BCUT2D eigenvalue weighted by molar-refractivity contribution is 0.184. The van der Waals surface area contributed by atoms with Crippen LogP contribution < -0.4 is 5.32 Å². The quantitative estimate of drug-likeness (QED) is 0.754. The first-order chi connectivity index (χ1) is 12.6. The van der Waals surface area contributed by atoms with Gasteiger partial charge in [-0.2, -0.15) is 13.7 Å². The Bertz CT molecular complexity index is 921. The van der Waals surface area contributed by atoms with Crippen molar-refractivity contribution in [3.05, 3.63) is 29.9 Å². The summed E-state index contributed by atoms with van der Waals surface area (Å²) in [4.78, 5) is 19.0. The molecule has 0 spiro atoms. The number of nitrogens with one attached hydrogen (secondary N) is 1. The second-order valence-corrected chi connectivity index (χ2v) is 7.33. The Morgan fingerprint density at radius 2 is 2.27 bits per heavy atom. The Morgan fingerprint density at radius 3 is 3.08 bits per heavy atom. The molecule has 0 radical (unpaired) electrons. The summed E-state index contributed by atoms with van der Waals surface area (Å²) in [5, 5.41) is 7.00. The number of urea groups is 1. The van der Waals surface area contributed by atoms with E-state index >= 15 is 0 Å². The van der Waals surface area contributed by atoms with Crippen LogP contribution in [0.15, 0.2) is 22.7 Å². The average molecular weight is 372 g/mol. The Balaban J connectivity index is 1.47. The minimum Gasteiger partial charge on any atom is -0.339 e. The second-order valence-electron chi connectivity index (χ2n) is 6.80. The van der Waals surface area contributed by atoms with Gasteiger partial charge in [-0.05, 0) is 25.0 Å². The zero-order valence-electron chi connectivity index (χ0n) is 14.7. The minimum absolute atomic E-state index is 0.0752. The molecule has 8 nitrogen and oxygen atoms in total. The minimum atomic E-state index is -0.140. The number of aromatic nitrogens is 4. The Labute approximate surface area is 154 Å². The highest BCUT2D eigenvalue weighted by atomic mass is 32.1. The fraction of sp³-hybridized carbons (Fsp3) is 0.471. The third-order valence-corrected chi connectivity index (χ3v) is 5.10. The number of likely N-dealkylation sites (tertiary alicyclic amines) is 1. The maximum Gasteiger partial charge on any atom is 0.321 e. The summed E-state index contributed by atoms with van der Waals surface area (Å²) < 4.78 is 13.9. The van der Waals surface area contributed by atoms with E-state index in [4.69, 9.17) is 4.52 Å². The largest absolute Gasteiger partial charge is 0.339 e. The first-order valence-corrected chi connectivity index (χ1v) is 9.45. The fourth-order valence-corrected chi connectivity index (χ4v) is 3.66. The van der Waals surface area contributed by atoms with Gasteiger partial charge in [0.15, 0.2) is 5.82 Å². The van der Waals surface area contributed by atoms with E-state index in [-0.39, 0.29) is 17.9 Å². The van der Waals surface area contributed by atoms with E-state index in [1.807, 2.05) is 32.0 Å². The number of fused-ring (bicyclic) bond motifs is 1. The van der Waals surface area contributed by atoms with Crippen molar-refractivity contribution in [1.29, 1.82) is 0 Å². The molecule has 4 rings (SSSR count). The van der Waals surface area contributed by atoms with Crippen molar-refractivity contribution in [3.63, 3.8) is 0 Å². The lowest BCUT2D eigenvalue weighted by atomic mass is 9.98. The summed E-state index contributed by atoms with van der Waals surface area (Å²) >= 11 is 1.14. The zero-order valence-corrected chi connectivity index (χ0v) is 15.5. The second kappa shape index (κ2) is 6.99. The van der Waals surface area contributed by atoms with Gasteiger partial charge in [-0.15, -0.1) is 0 Å². The molecule has 1 aromatic carbocycles. The molecule has 0 unspecified atom stereocenters. The molecule has 1 atom stereocenters. The molecule has 1 aliphatic heterocycles. The molecule has 3 aromatic rings. The van der Waals surface area contributed by atoms with Gasteiger partial charge in [0.2, 0.25) is 5.89 Å². The molecule has 1 N–H and O–H groups in total. The molecule has 0 saturated carbocycles. The molecule has 1 aliphatic rings. The predicted molar refractivity (Wildman–Crippen MR) is 98.4 cm³/mol. The van der Waals surface area contributed by atoms with Gasteiger partial charge in [-0.3, -0.25) is 0 Å². The van der Waals surface area contributed by atoms with E-state index in [9.17, 15) is 4.79 Å². The number of hydrogen-bond donors (Lipinski definition) is 1. The van der Waals surface area contributed by atoms with Crippen LogP contribution in [0.25, 0.3) is 11.0 Å². The van der Waals surface area contributed by atoms with Gasteiger partial charge < -0.3 is 14.7 Å². The van der Waals surface area contributed by atoms with Gasteiger partial charge in [0.05, 0.1) is 23.3 Å². The first kappa shape index (κ1) is 16.9. The molecular formula is C17H20N6O2S. The van der Waals surface area contributed by atoms with Crippen molar-refractivity contribution in [2.45, 2.75) is 38.5 Å². The number of anilines is 1. The standard InChI is InChI=1S/C17H20N6O2S/c1-10(2)15-19-16(25-20-15)11-5-4-8-23(9-11)17(24)18-12-6-3-7-13-14(12)22-26-21-13/h3,6-7,10-11H,4-5,8-9H2,1-2H3,(H,18,24)/t11-/m1/s1. The summed E-state index contributed by atoms with van der Waals surface area (Å²) in [6.45, 7) is 5.34. The summed E-state index contributed by atoms with van der Waals surface area (Å²) in [7, 11) is 0. The summed E-state index contributed by atoms with van der Waals surface area (Å²) in [5.74, 6) is 1.63.